The van der Waals surface area contributed by atoms with Gasteiger partial charge in [-0.15, -0.1) is 0 Å². The molecule has 0 aliphatic rings. The van der Waals surface area contributed by atoms with Gasteiger partial charge in [0, 0.05) is 5.02 Å². The maximum atomic E-state index is 12.0. The molecule has 0 fully saturated rings. The van der Waals surface area contributed by atoms with Gasteiger partial charge in [0.05, 0.1) is 0 Å². The van der Waals surface area contributed by atoms with Crippen molar-refractivity contribution in [3.8, 4) is 5.75 Å². The molecule has 2 N–H and O–H groups in total. The average Bonchev–Trinajstić information content (AvgIpc) is 2.30. The molecule has 0 heterocycles. The van der Waals surface area contributed by atoms with Gasteiger partial charge in [-0.05, 0) is 54.0 Å². The summed E-state index contributed by atoms with van der Waals surface area (Å²) in [7, 11) is 0. The maximum absolute atomic E-state index is 12.0. The van der Waals surface area contributed by atoms with Crippen LogP contribution in [0.15, 0.2) is 24.3 Å². The van der Waals surface area contributed by atoms with E-state index in [0.717, 1.165) is 0 Å². The Morgan fingerprint density at radius 3 is 2.28 bits per heavy atom. The summed E-state index contributed by atoms with van der Waals surface area (Å²) in [6.07, 6.45) is 0. The molecule has 1 amide bonds. The number of halogens is 2. The van der Waals surface area contributed by atoms with Gasteiger partial charge < -0.3 is 10.5 Å². The van der Waals surface area contributed by atoms with E-state index in [1.807, 2.05) is 0 Å². The number of rotatable bonds is 5. The Bertz CT molecular complexity index is 459. The van der Waals surface area contributed by atoms with E-state index in [9.17, 15) is 9.59 Å². The van der Waals surface area contributed by atoms with Crippen LogP contribution in [0.1, 0.15) is 13.8 Å². The van der Waals surface area contributed by atoms with Crippen molar-refractivity contribution in [1.82, 2.24) is 0 Å². The Hall–Kier alpha value is -1.07. The molecule has 0 bridgehead atoms. The van der Waals surface area contributed by atoms with Gasteiger partial charge in [0.2, 0.25) is 10.9 Å². The third-order valence-corrected chi connectivity index (χ3v) is 3.35. The fourth-order valence-electron chi connectivity index (χ4n) is 1.09. The minimum Gasteiger partial charge on any atom is -0.471 e. The van der Waals surface area contributed by atoms with Gasteiger partial charge in [0.25, 0.3) is 0 Å². The molecular formula is C12H13BrClNO3. The summed E-state index contributed by atoms with van der Waals surface area (Å²) in [5.74, 6) is -0.670. The van der Waals surface area contributed by atoms with Gasteiger partial charge in [-0.25, -0.2) is 0 Å². The Balaban J connectivity index is 2.77. The number of benzene rings is 1. The molecule has 0 spiro atoms. The molecule has 1 rings (SSSR count). The average molecular weight is 335 g/mol. The van der Waals surface area contributed by atoms with Crippen LogP contribution in [0.3, 0.4) is 0 Å². The fourth-order valence-corrected chi connectivity index (χ4v) is 2.01. The molecule has 0 aromatic heterocycles. The highest BCUT2D eigenvalue weighted by Crippen LogP contribution is 2.25. The molecule has 1 unspecified atom stereocenters. The van der Waals surface area contributed by atoms with Crippen molar-refractivity contribution in [3.05, 3.63) is 29.3 Å². The van der Waals surface area contributed by atoms with Gasteiger partial charge in [-0.2, -0.15) is 0 Å². The molecule has 1 aromatic rings. The molecule has 0 saturated carbocycles. The number of hydrogen-bond donors (Lipinski definition) is 1. The van der Waals surface area contributed by atoms with Crippen LogP contribution in [0, 0.1) is 5.41 Å². The van der Waals surface area contributed by atoms with E-state index in [2.05, 4.69) is 15.9 Å². The predicted molar refractivity (Wildman–Crippen MR) is 72.8 cm³/mol. The van der Waals surface area contributed by atoms with Crippen LogP contribution in [-0.2, 0) is 9.59 Å². The van der Waals surface area contributed by atoms with E-state index >= 15 is 0 Å². The van der Waals surface area contributed by atoms with Crippen LogP contribution in [0.25, 0.3) is 0 Å². The van der Waals surface area contributed by atoms with Crippen molar-refractivity contribution < 1.29 is 14.3 Å². The highest BCUT2D eigenvalue weighted by Gasteiger charge is 2.38. The number of carbonyl (C=O) groups excluding carboxylic acids is 2. The van der Waals surface area contributed by atoms with Crippen LogP contribution in [-0.4, -0.2) is 16.7 Å². The van der Waals surface area contributed by atoms with E-state index < -0.39 is 22.1 Å². The molecule has 0 aliphatic heterocycles. The fraction of sp³-hybridized carbons (Fsp3) is 0.333. The first kappa shape index (κ1) is 15.0. The van der Waals surface area contributed by atoms with Gasteiger partial charge in [0.1, 0.15) is 11.2 Å². The topological polar surface area (TPSA) is 69.4 Å². The lowest BCUT2D eigenvalue weighted by Gasteiger charge is -2.22. The zero-order valence-electron chi connectivity index (χ0n) is 9.94. The molecule has 98 valence electrons. The first-order valence-corrected chi connectivity index (χ1v) is 6.45. The van der Waals surface area contributed by atoms with E-state index in [1.165, 1.54) is 13.8 Å². The Morgan fingerprint density at radius 2 is 1.83 bits per heavy atom. The standard InChI is InChI=1S/C12H13BrClNO3/c1-12(2,11(15)17)9(16)10(13)18-8-5-3-7(14)4-6-8/h3-6,10H,1-2H3,(H2,15,17). The smallest absolute Gasteiger partial charge is 0.230 e. The number of hydrogen-bond acceptors (Lipinski definition) is 3. The zero-order chi connectivity index (χ0) is 13.9. The lowest BCUT2D eigenvalue weighted by Crippen LogP contribution is -2.44. The van der Waals surface area contributed by atoms with Crippen molar-refractivity contribution in [3.63, 3.8) is 0 Å². The van der Waals surface area contributed by atoms with Crippen LogP contribution < -0.4 is 10.5 Å². The normalized spacial score (nSPS) is 12.9. The quantitative estimate of drug-likeness (QED) is 0.664. The van der Waals surface area contributed by atoms with Crippen LogP contribution in [0.2, 0.25) is 5.02 Å². The third-order valence-electron chi connectivity index (χ3n) is 2.49. The summed E-state index contributed by atoms with van der Waals surface area (Å²) in [6.45, 7) is 2.91. The van der Waals surface area contributed by atoms with Crippen LogP contribution in [0.4, 0.5) is 0 Å². The number of alkyl halides is 1. The summed E-state index contributed by atoms with van der Waals surface area (Å²) in [5.41, 5.74) is 3.88. The summed E-state index contributed by atoms with van der Waals surface area (Å²) < 4.78 is 5.37. The van der Waals surface area contributed by atoms with Crippen molar-refractivity contribution in [1.29, 1.82) is 0 Å². The summed E-state index contributed by atoms with van der Waals surface area (Å²) in [6, 6.07) is 6.53. The van der Waals surface area contributed by atoms with Gasteiger partial charge in [0.15, 0.2) is 5.78 Å². The van der Waals surface area contributed by atoms with Crippen molar-refractivity contribution in [2.75, 3.05) is 0 Å². The lowest BCUT2D eigenvalue weighted by molar-refractivity contribution is -0.140. The van der Waals surface area contributed by atoms with Crippen molar-refractivity contribution >= 4 is 39.2 Å². The molecule has 0 saturated heterocycles. The molecule has 0 radical (unpaired) electrons. The summed E-state index contributed by atoms with van der Waals surface area (Å²) in [5, 5.41) is -0.376. The monoisotopic (exact) mass is 333 g/mol. The number of ketones is 1. The molecule has 1 atom stereocenters. The van der Waals surface area contributed by atoms with Crippen molar-refractivity contribution in [2.45, 2.75) is 18.9 Å². The molecule has 18 heavy (non-hydrogen) atoms. The zero-order valence-corrected chi connectivity index (χ0v) is 12.3. The number of amides is 1. The number of primary amides is 1. The first-order valence-electron chi connectivity index (χ1n) is 5.15. The molecule has 1 aromatic carbocycles. The SMILES string of the molecule is CC(C)(C(N)=O)C(=O)C(Br)Oc1ccc(Cl)cc1. The van der Waals surface area contributed by atoms with Gasteiger partial charge in [-0.1, -0.05) is 11.6 Å². The molecular weight excluding hydrogens is 321 g/mol. The Labute approximate surface area is 119 Å². The van der Waals surface area contributed by atoms with E-state index in [0.29, 0.717) is 10.8 Å². The number of ether oxygens (including phenoxy) is 1. The second-order valence-electron chi connectivity index (χ2n) is 4.24. The maximum Gasteiger partial charge on any atom is 0.230 e. The largest absolute Gasteiger partial charge is 0.471 e. The van der Waals surface area contributed by atoms with Gasteiger partial charge >= 0.3 is 0 Å². The highest BCUT2D eigenvalue weighted by atomic mass is 79.9. The second-order valence-corrected chi connectivity index (χ2v) is 5.51. The molecule has 4 nitrogen and oxygen atoms in total. The first-order chi connectivity index (χ1) is 8.25. The van der Waals surface area contributed by atoms with Crippen LogP contribution >= 0.6 is 27.5 Å². The Morgan fingerprint density at radius 1 is 1.33 bits per heavy atom. The van der Waals surface area contributed by atoms with E-state index in [1.54, 1.807) is 24.3 Å². The highest BCUT2D eigenvalue weighted by molar-refractivity contribution is 9.09. The van der Waals surface area contributed by atoms with E-state index in [4.69, 9.17) is 22.1 Å². The van der Waals surface area contributed by atoms with Crippen molar-refractivity contribution in [2.24, 2.45) is 11.1 Å². The minimum absolute atomic E-state index is 0.440. The molecule has 6 heteroatoms. The minimum atomic E-state index is -1.29. The number of Topliss-reactive ketones (excluding diaryl/α,β-unsaturated/α-hetero) is 1. The lowest BCUT2D eigenvalue weighted by atomic mass is 9.88. The summed E-state index contributed by atoms with van der Waals surface area (Å²) >= 11 is 8.82. The van der Waals surface area contributed by atoms with E-state index in [-0.39, 0.29) is 0 Å². The number of carbonyl (C=O) groups is 2. The molecule has 0 aliphatic carbocycles. The summed E-state index contributed by atoms with van der Waals surface area (Å²) in [4.78, 5) is 23.2. The predicted octanol–water partition coefficient (Wildman–Crippen LogP) is 2.52. The van der Waals surface area contributed by atoms with Crippen LogP contribution in [0.5, 0.6) is 5.75 Å². The second kappa shape index (κ2) is 5.71. The third kappa shape index (κ3) is 3.46. The Kier molecular flexibility index (Phi) is 4.76. The number of nitrogens with two attached hydrogens (primary N) is 1. The van der Waals surface area contributed by atoms with Gasteiger partial charge in [-0.3, -0.25) is 9.59 Å².